The van der Waals surface area contributed by atoms with Gasteiger partial charge in [0.1, 0.15) is 5.75 Å². The van der Waals surface area contributed by atoms with Crippen LogP contribution in [0.25, 0.3) is 0 Å². The van der Waals surface area contributed by atoms with Gasteiger partial charge in [-0.3, -0.25) is 0 Å². The molecule has 0 unspecified atom stereocenters. The first-order valence-electron chi connectivity index (χ1n) is 7.49. The van der Waals surface area contributed by atoms with Crippen LogP contribution in [0.4, 0.5) is 0 Å². The van der Waals surface area contributed by atoms with Gasteiger partial charge in [0.25, 0.3) is 0 Å². The highest BCUT2D eigenvalue weighted by Gasteiger charge is 2.03. The second kappa shape index (κ2) is 8.00. The molecule has 0 bridgehead atoms. The molecule has 0 heterocycles. The van der Waals surface area contributed by atoms with E-state index in [0.29, 0.717) is 0 Å². The third-order valence-electron chi connectivity index (χ3n) is 3.55. The van der Waals surface area contributed by atoms with Crippen LogP contribution in [0.5, 0.6) is 5.75 Å². The van der Waals surface area contributed by atoms with Crippen molar-refractivity contribution >= 4 is 0 Å². The summed E-state index contributed by atoms with van der Waals surface area (Å²) in [4.78, 5) is 0. The van der Waals surface area contributed by atoms with Crippen molar-refractivity contribution in [2.75, 3.05) is 13.2 Å². The number of hydrogen-bond acceptors (Lipinski definition) is 2. The predicted octanol–water partition coefficient (Wildman–Crippen LogP) is 4.07. The van der Waals surface area contributed by atoms with Crippen molar-refractivity contribution in [3.05, 3.63) is 41.5 Å². The molecule has 1 N–H and O–H groups in total. The standard InChI is InChI=1S/C17H25NO/c1-2-19-17-10-6-9-16(13-17)14-18-12-11-15-7-4-3-5-8-15/h6-7,9-10,13,18H,2-5,8,11-12,14H2,1H3. The van der Waals surface area contributed by atoms with Crippen molar-refractivity contribution in [2.24, 2.45) is 0 Å². The lowest BCUT2D eigenvalue weighted by Crippen LogP contribution is -2.15. The second-order valence-electron chi connectivity index (χ2n) is 5.12. The Morgan fingerprint density at radius 1 is 1.26 bits per heavy atom. The molecule has 1 aliphatic rings. The van der Waals surface area contributed by atoms with E-state index < -0.39 is 0 Å². The summed E-state index contributed by atoms with van der Waals surface area (Å²) in [5.74, 6) is 0.969. The number of benzene rings is 1. The van der Waals surface area contributed by atoms with E-state index in [-0.39, 0.29) is 0 Å². The van der Waals surface area contributed by atoms with Gasteiger partial charge in [0.05, 0.1) is 6.61 Å². The largest absolute Gasteiger partial charge is 0.494 e. The predicted molar refractivity (Wildman–Crippen MR) is 80.5 cm³/mol. The minimum atomic E-state index is 0.727. The third-order valence-corrected chi connectivity index (χ3v) is 3.55. The fourth-order valence-electron chi connectivity index (χ4n) is 2.53. The highest BCUT2D eigenvalue weighted by Crippen LogP contribution is 2.19. The topological polar surface area (TPSA) is 21.3 Å². The normalized spacial score (nSPS) is 15.1. The van der Waals surface area contributed by atoms with Gasteiger partial charge < -0.3 is 10.1 Å². The molecule has 2 nitrogen and oxygen atoms in total. The second-order valence-corrected chi connectivity index (χ2v) is 5.12. The van der Waals surface area contributed by atoms with Crippen molar-refractivity contribution in [3.8, 4) is 5.75 Å². The smallest absolute Gasteiger partial charge is 0.119 e. The Labute approximate surface area is 116 Å². The van der Waals surface area contributed by atoms with Crippen LogP contribution in [-0.4, -0.2) is 13.2 Å². The first-order valence-corrected chi connectivity index (χ1v) is 7.49. The molecule has 0 atom stereocenters. The zero-order chi connectivity index (χ0) is 13.3. The lowest BCUT2D eigenvalue weighted by molar-refractivity contribution is 0.340. The fraction of sp³-hybridized carbons (Fsp3) is 0.529. The highest BCUT2D eigenvalue weighted by molar-refractivity contribution is 5.28. The van der Waals surface area contributed by atoms with Crippen molar-refractivity contribution < 1.29 is 4.74 Å². The van der Waals surface area contributed by atoms with E-state index in [1.54, 1.807) is 5.57 Å². The van der Waals surface area contributed by atoms with Crippen LogP contribution in [0.15, 0.2) is 35.9 Å². The van der Waals surface area contributed by atoms with Crippen LogP contribution in [0.1, 0.15) is 44.6 Å². The zero-order valence-corrected chi connectivity index (χ0v) is 12.0. The summed E-state index contributed by atoms with van der Waals surface area (Å²) < 4.78 is 5.51. The molecule has 0 saturated heterocycles. The van der Waals surface area contributed by atoms with E-state index in [0.717, 1.165) is 25.4 Å². The maximum absolute atomic E-state index is 5.51. The molecule has 0 aliphatic heterocycles. The first kappa shape index (κ1) is 14.1. The number of ether oxygens (including phenoxy) is 1. The Morgan fingerprint density at radius 3 is 3.00 bits per heavy atom. The van der Waals surface area contributed by atoms with Gasteiger partial charge in [0.2, 0.25) is 0 Å². The Hall–Kier alpha value is -1.28. The Kier molecular flexibility index (Phi) is 5.96. The van der Waals surface area contributed by atoms with E-state index in [4.69, 9.17) is 4.74 Å². The van der Waals surface area contributed by atoms with Gasteiger partial charge in [-0.15, -0.1) is 0 Å². The van der Waals surface area contributed by atoms with Crippen LogP contribution in [0.2, 0.25) is 0 Å². The van der Waals surface area contributed by atoms with Gasteiger partial charge in [-0.1, -0.05) is 23.8 Å². The van der Waals surface area contributed by atoms with E-state index >= 15 is 0 Å². The zero-order valence-electron chi connectivity index (χ0n) is 12.0. The summed E-state index contributed by atoms with van der Waals surface area (Å²) in [6, 6.07) is 8.34. The first-order chi connectivity index (χ1) is 9.38. The van der Waals surface area contributed by atoms with Crippen molar-refractivity contribution in [1.82, 2.24) is 5.32 Å². The molecule has 2 rings (SSSR count). The molecule has 0 aromatic heterocycles. The summed E-state index contributed by atoms with van der Waals surface area (Å²) >= 11 is 0. The summed E-state index contributed by atoms with van der Waals surface area (Å²) in [7, 11) is 0. The van der Waals surface area contributed by atoms with Crippen molar-refractivity contribution in [2.45, 2.75) is 45.6 Å². The number of nitrogens with one attached hydrogen (secondary N) is 1. The van der Waals surface area contributed by atoms with Crippen LogP contribution in [-0.2, 0) is 6.54 Å². The van der Waals surface area contributed by atoms with Crippen LogP contribution < -0.4 is 10.1 Å². The fourth-order valence-corrected chi connectivity index (χ4v) is 2.53. The van der Waals surface area contributed by atoms with Crippen molar-refractivity contribution in [3.63, 3.8) is 0 Å². The molecule has 0 spiro atoms. The number of hydrogen-bond donors (Lipinski definition) is 1. The molecule has 0 fully saturated rings. The number of allylic oxidation sites excluding steroid dienone is 1. The minimum absolute atomic E-state index is 0.727. The van der Waals surface area contributed by atoms with E-state index in [1.165, 1.54) is 37.7 Å². The molecule has 0 saturated carbocycles. The maximum Gasteiger partial charge on any atom is 0.119 e. The molecular weight excluding hydrogens is 234 g/mol. The molecular formula is C17H25NO. The molecule has 1 aromatic rings. The molecule has 1 aromatic carbocycles. The Balaban J connectivity index is 1.70. The average molecular weight is 259 g/mol. The molecule has 2 heteroatoms. The van der Waals surface area contributed by atoms with E-state index in [1.807, 2.05) is 13.0 Å². The van der Waals surface area contributed by atoms with Crippen LogP contribution in [0.3, 0.4) is 0 Å². The van der Waals surface area contributed by atoms with Gasteiger partial charge in [-0.2, -0.15) is 0 Å². The van der Waals surface area contributed by atoms with E-state index in [2.05, 4.69) is 29.6 Å². The number of rotatable bonds is 7. The SMILES string of the molecule is CCOc1cccc(CNCCC2=CCCCC2)c1. The summed E-state index contributed by atoms with van der Waals surface area (Å²) in [6.07, 6.45) is 8.97. The maximum atomic E-state index is 5.51. The molecule has 19 heavy (non-hydrogen) atoms. The third kappa shape index (κ3) is 5.07. The van der Waals surface area contributed by atoms with Gasteiger partial charge >= 0.3 is 0 Å². The summed E-state index contributed by atoms with van der Waals surface area (Å²) in [5.41, 5.74) is 2.94. The van der Waals surface area contributed by atoms with Gasteiger partial charge in [0.15, 0.2) is 0 Å². The lowest BCUT2D eigenvalue weighted by atomic mass is 9.97. The minimum Gasteiger partial charge on any atom is -0.494 e. The average Bonchev–Trinajstić information content (AvgIpc) is 2.46. The van der Waals surface area contributed by atoms with Gasteiger partial charge in [-0.25, -0.2) is 0 Å². The Morgan fingerprint density at radius 2 is 2.21 bits per heavy atom. The molecule has 0 radical (unpaired) electrons. The monoisotopic (exact) mass is 259 g/mol. The summed E-state index contributed by atoms with van der Waals surface area (Å²) in [6.45, 7) is 4.74. The Bertz CT molecular complexity index is 411. The van der Waals surface area contributed by atoms with E-state index in [9.17, 15) is 0 Å². The van der Waals surface area contributed by atoms with Crippen molar-refractivity contribution in [1.29, 1.82) is 0 Å². The van der Waals surface area contributed by atoms with Crippen LogP contribution >= 0.6 is 0 Å². The molecule has 1 aliphatic carbocycles. The van der Waals surface area contributed by atoms with Gasteiger partial charge in [0, 0.05) is 6.54 Å². The lowest BCUT2D eigenvalue weighted by Gasteiger charge is -2.13. The highest BCUT2D eigenvalue weighted by atomic mass is 16.5. The van der Waals surface area contributed by atoms with Gasteiger partial charge in [-0.05, 0) is 63.3 Å². The summed E-state index contributed by atoms with van der Waals surface area (Å²) in [5, 5.41) is 3.52. The quantitative estimate of drug-likeness (QED) is 0.589. The molecule has 0 amide bonds. The van der Waals surface area contributed by atoms with Crippen LogP contribution in [0, 0.1) is 0 Å². The molecule has 104 valence electrons.